The zero-order chi connectivity index (χ0) is 17.1. The molecular formula is C19H21N3O2. The zero-order valence-electron chi connectivity index (χ0n) is 14.1. The van der Waals surface area contributed by atoms with Crippen molar-refractivity contribution in [1.29, 1.82) is 0 Å². The van der Waals surface area contributed by atoms with Crippen molar-refractivity contribution in [3.05, 3.63) is 59.0 Å². The number of furan rings is 1. The summed E-state index contributed by atoms with van der Waals surface area (Å²) in [5.74, 6) is 0.954. The summed E-state index contributed by atoms with van der Waals surface area (Å²) in [6, 6.07) is 9.74. The van der Waals surface area contributed by atoms with Crippen LogP contribution in [0.4, 0.5) is 5.82 Å². The summed E-state index contributed by atoms with van der Waals surface area (Å²) in [7, 11) is 0. The Morgan fingerprint density at radius 3 is 2.58 bits per heavy atom. The molecule has 0 fully saturated rings. The van der Waals surface area contributed by atoms with E-state index >= 15 is 0 Å². The lowest BCUT2D eigenvalue weighted by molar-refractivity contribution is 0.0927. The monoisotopic (exact) mass is 323 g/mol. The number of carbonyl (C=O) groups excluding carboxylic acids is 1. The second-order valence-electron chi connectivity index (χ2n) is 5.94. The highest BCUT2D eigenvalue weighted by Crippen LogP contribution is 2.22. The smallest absolute Gasteiger partial charge is 0.287 e. The Hall–Kier alpha value is -2.82. The third-order valence-corrected chi connectivity index (χ3v) is 4.07. The van der Waals surface area contributed by atoms with Crippen molar-refractivity contribution >= 4 is 22.6 Å². The molecule has 2 N–H and O–H groups in total. The summed E-state index contributed by atoms with van der Waals surface area (Å²) in [5, 5.41) is 7.23. The molecule has 0 aliphatic rings. The van der Waals surface area contributed by atoms with Gasteiger partial charge in [-0.15, -0.1) is 0 Å². The molecule has 5 heteroatoms. The van der Waals surface area contributed by atoms with Crippen molar-refractivity contribution in [3.8, 4) is 0 Å². The van der Waals surface area contributed by atoms with Crippen LogP contribution >= 0.6 is 0 Å². The number of amides is 1. The normalized spacial score (nSPS) is 10.8. The Balaban J connectivity index is 1.63. The van der Waals surface area contributed by atoms with E-state index in [1.807, 2.05) is 6.92 Å². The lowest BCUT2D eigenvalue weighted by atomic mass is 10.1. The van der Waals surface area contributed by atoms with Gasteiger partial charge in [0.2, 0.25) is 0 Å². The number of fused-ring (bicyclic) bond motifs is 1. The fourth-order valence-corrected chi connectivity index (χ4v) is 2.58. The minimum Gasteiger partial charge on any atom is -0.459 e. The molecule has 3 rings (SSSR count). The molecule has 0 aliphatic heterocycles. The summed E-state index contributed by atoms with van der Waals surface area (Å²) in [6.07, 6.45) is 1.49. The van der Waals surface area contributed by atoms with E-state index in [1.54, 1.807) is 12.1 Å². The maximum atomic E-state index is 11.8. The lowest BCUT2D eigenvalue weighted by Crippen LogP contribution is -2.28. The fourth-order valence-electron chi connectivity index (χ4n) is 2.58. The van der Waals surface area contributed by atoms with E-state index in [4.69, 9.17) is 9.40 Å². The molecule has 0 bridgehead atoms. The van der Waals surface area contributed by atoms with Crippen LogP contribution in [0.15, 0.2) is 41.0 Å². The molecule has 0 atom stereocenters. The summed E-state index contributed by atoms with van der Waals surface area (Å²) in [6.45, 7) is 7.32. The van der Waals surface area contributed by atoms with Crippen molar-refractivity contribution in [2.24, 2.45) is 0 Å². The minimum absolute atomic E-state index is 0.212. The van der Waals surface area contributed by atoms with Crippen LogP contribution in [0.25, 0.3) is 10.9 Å². The van der Waals surface area contributed by atoms with Crippen LogP contribution in [0.2, 0.25) is 0 Å². The van der Waals surface area contributed by atoms with Gasteiger partial charge in [0, 0.05) is 18.5 Å². The average Bonchev–Trinajstić information content (AvgIpc) is 3.08. The maximum absolute atomic E-state index is 11.8. The number of anilines is 1. The van der Waals surface area contributed by atoms with E-state index in [0.717, 1.165) is 22.3 Å². The third kappa shape index (κ3) is 3.40. The van der Waals surface area contributed by atoms with Gasteiger partial charge in [0.1, 0.15) is 5.82 Å². The van der Waals surface area contributed by atoms with Crippen molar-refractivity contribution in [2.75, 3.05) is 18.4 Å². The van der Waals surface area contributed by atoms with Gasteiger partial charge in [-0.2, -0.15) is 0 Å². The first-order chi connectivity index (χ1) is 11.5. The minimum atomic E-state index is -0.212. The molecule has 2 aromatic heterocycles. The van der Waals surface area contributed by atoms with Crippen molar-refractivity contribution in [1.82, 2.24) is 10.3 Å². The number of rotatable bonds is 5. The van der Waals surface area contributed by atoms with Crippen LogP contribution in [0.3, 0.4) is 0 Å². The highest BCUT2D eigenvalue weighted by atomic mass is 16.3. The molecule has 3 aromatic rings. The van der Waals surface area contributed by atoms with Gasteiger partial charge in [0.25, 0.3) is 5.91 Å². The second-order valence-corrected chi connectivity index (χ2v) is 5.94. The number of nitrogens with one attached hydrogen (secondary N) is 2. The fraction of sp³-hybridized carbons (Fsp3) is 0.263. The Labute approximate surface area is 141 Å². The number of pyridine rings is 1. The first-order valence-electron chi connectivity index (χ1n) is 7.99. The van der Waals surface area contributed by atoms with E-state index < -0.39 is 0 Å². The number of carbonyl (C=O) groups is 1. The number of hydrogen-bond donors (Lipinski definition) is 2. The van der Waals surface area contributed by atoms with Crippen LogP contribution in [0.5, 0.6) is 0 Å². The average molecular weight is 323 g/mol. The number of hydrogen-bond acceptors (Lipinski definition) is 4. The van der Waals surface area contributed by atoms with Gasteiger partial charge >= 0.3 is 0 Å². The highest BCUT2D eigenvalue weighted by molar-refractivity contribution is 5.91. The summed E-state index contributed by atoms with van der Waals surface area (Å²) < 4.78 is 5.05. The van der Waals surface area contributed by atoms with E-state index in [-0.39, 0.29) is 5.91 Å². The van der Waals surface area contributed by atoms with E-state index in [9.17, 15) is 4.79 Å². The van der Waals surface area contributed by atoms with Gasteiger partial charge in [-0.05, 0) is 67.8 Å². The predicted molar refractivity (Wildman–Crippen MR) is 95.5 cm³/mol. The predicted octanol–water partition coefficient (Wildman–Crippen LogP) is 3.59. The Morgan fingerprint density at radius 1 is 1.08 bits per heavy atom. The largest absolute Gasteiger partial charge is 0.459 e. The zero-order valence-corrected chi connectivity index (χ0v) is 14.1. The van der Waals surface area contributed by atoms with E-state index in [1.165, 1.54) is 17.4 Å². The number of nitrogens with zero attached hydrogens (tertiary/aromatic N) is 1. The van der Waals surface area contributed by atoms with Crippen LogP contribution in [0, 0.1) is 20.8 Å². The second kappa shape index (κ2) is 6.74. The molecule has 0 unspecified atom stereocenters. The molecule has 1 aromatic carbocycles. The van der Waals surface area contributed by atoms with Crippen molar-refractivity contribution in [2.45, 2.75) is 20.8 Å². The van der Waals surface area contributed by atoms with Crippen LogP contribution in [0.1, 0.15) is 27.2 Å². The SMILES string of the molecule is Cc1cc2cc(C)c(NCCNC(=O)c3ccco3)nc2cc1C. The quantitative estimate of drug-likeness (QED) is 0.704. The lowest BCUT2D eigenvalue weighted by Gasteiger charge is -2.11. The van der Waals surface area contributed by atoms with E-state index in [0.29, 0.717) is 18.8 Å². The molecule has 5 nitrogen and oxygen atoms in total. The molecule has 0 saturated heterocycles. The molecule has 0 aliphatic carbocycles. The van der Waals surface area contributed by atoms with Gasteiger partial charge in [-0.25, -0.2) is 4.98 Å². The maximum Gasteiger partial charge on any atom is 0.287 e. The molecule has 0 radical (unpaired) electrons. The van der Waals surface area contributed by atoms with Crippen LogP contribution in [-0.4, -0.2) is 24.0 Å². The number of aryl methyl sites for hydroxylation is 3. The highest BCUT2D eigenvalue weighted by Gasteiger charge is 2.08. The number of benzene rings is 1. The van der Waals surface area contributed by atoms with Gasteiger partial charge < -0.3 is 15.1 Å². The Bertz CT molecular complexity index is 870. The molecule has 124 valence electrons. The molecule has 0 saturated carbocycles. The van der Waals surface area contributed by atoms with Crippen LogP contribution < -0.4 is 10.6 Å². The third-order valence-electron chi connectivity index (χ3n) is 4.07. The molecule has 0 spiro atoms. The molecule has 24 heavy (non-hydrogen) atoms. The summed E-state index contributed by atoms with van der Waals surface area (Å²) >= 11 is 0. The topological polar surface area (TPSA) is 67.2 Å². The molecule has 1 amide bonds. The standard InChI is InChI=1S/C19H21N3O2/c1-12-9-15-10-14(3)18(22-16(15)11-13(12)2)20-6-7-21-19(23)17-5-4-8-24-17/h4-5,8-11H,6-7H2,1-3H3,(H,20,22)(H,21,23). The first kappa shape index (κ1) is 16.1. The van der Waals surface area contributed by atoms with Crippen molar-refractivity contribution in [3.63, 3.8) is 0 Å². The molecular weight excluding hydrogens is 302 g/mol. The van der Waals surface area contributed by atoms with Crippen molar-refractivity contribution < 1.29 is 9.21 Å². The summed E-state index contributed by atoms with van der Waals surface area (Å²) in [4.78, 5) is 16.5. The van der Waals surface area contributed by atoms with Gasteiger partial charge in [0.15, 0.2) is 5.76 Å². The first-order valence-corrected chi connectivity index (χ1v) is 7.99. The number of aromatic nitrogens is 1. The van der Waals surface area contributed by atoms with Gasteiger partial charge in [-0.3, -0.25) is 4.79 Å². The molecule has 2 heterocycles. The van der Waals surface area contributed by atoms with Crippen LogP contribution in [-0.2, 0) is 0 Å². The van der Waals surface area contributed by atoms with E-state index in [2.05, 4.69) is 42.7 Å². The Morgan fingerprint density at radius 2 is 1.83 bits per heavy atom. The summed E-state index contributed by atoms with van der Waals surface area (Å²) in [5.41, 5.74) is 4.56. The Kier molecular flexibility index (Phi) is 4.51. The van der Waals surface area contributed by atoms with Gasteiger partial charge in [-0.1, -0.05) is 0 Å². The van der Waals surface area contributed by atoms with Gasteiger partial charge in [0.05, 0.1) is 11.8 Å².